The van der Waals surface area contributed by atoms with E-state index in [1.165, 1.54) is 10.1 Å². The summed E-state index contributed by atoms with van der Waals surface area (Å²) in [7, 11) is 0. The molecular formula is C17H31N3O3. The van der Waals surface area contributed by atoms with Gasteiger partial charge in [-0.25, -0.2) is 0 Å². The van der Waals surface area contributed by atoms with E-state index in [0.717, 1.165) is 25.8 Å². The summed E-state index contributed by atoms with van der Waals surface area (Å²) in [6.07, 6.45) is 9.34. The molecule has 2 aliphatic rings. The largest absolute Gasteiger partial charge is 0.414 e. The van der Waals surface area contributed by atoms with Gasteiger partial charge in [-0.1, -0.05) is 13.0 Å². The van der Waals surface area contributed by atoms with Crippen molar-refractivity contribution in [2.45, 2.75) is 45.1 Å². The second-order valence-electron chi connectivity index (χ2n) is 7.46. The van der Waals surface area contributed by atoms with Crippen LogP contribution in [0.5, 0.6) is 0 Å². The molecule has 0 aromatic rings. The van der Waals surface area contributed by atoms with Crippen molar-refractivity contribution in [3.8, 4) is 0 Å². The minimum absolute atomic E-state index is 0.105. The van der Waals surface area contributed by atoms with Gasteiger partial charge in [-0.15, -0.1) is 11.6 Å². The first-order valence-corrected chi connectivity index (χ1v) is 8.45. The number of nitrogens with zero attached hydrogens (tertiary/aromatic N) is 3. The number of hydroxylamine groups is 6. The molecule has 0 saturated carbocycles. The van der Waals surface area contributed by atoms with Crippen LogP contribution in [0.15, 0.2) is 25.0 Å². The first kappa shape index (κ1) is 18.4. The van der Waals surface area contributed by atoms with Crippen molar-refractivity contribution in [3.05, 3.63) is 25.0 Å². The number of hydrogen-bond acceptors (Lipinski definition) is 6. The van der Waals surface area contributed by atoms with Crippen LogP contribution in [0.1, 0.15) is 39.5 Å². The molecule has 0 aliphatic carbocycles. The van der Waals surface area contributed by atoms with Crippen molar-refractivity contribution in [2.75, 3.05) is 32.7 Å². The van der Waals surface area contributed by atoms with Crippen molar-refractivity contribution in [2.24, 2.45) is 5.41 Å². The Kier molecular flexibility index (Phi) is 6.22. The van der Waals surface area contributed by atoms with Gasteiger partial charge in [-0.05, 0) is 44.1 Å². The Bertz CT molecular complexity index is 431. The van der Waals surface area contributed by atoms with E-state index in [9.17, 15) is 10.4 Å². The van der Waals surface area contributed by atoms with Crippen molar-refractivity contribution in [1.82, 2.24) is 15.2 Å². The predicted molar refractivity (Wildman–Crippen MR) is 88.8 cm³/mol. The van der Waals surface area contributed by atoms with E-state index < -0.39 is 0 Å². The number of hydrogen-bond donors (Lipinski definition) is 2. The van der Waals surface area contributed by atoms with Crippen LogP contribution in [0.25, 0.3) is 0 Å². The van der Waals surface area contributed by atoms with Crippen LogP contribution in [0.3, 0.4) is 0 Å². The zero-order chi connectivity index (χ0) is 16.9. The third-order valence-corrected chi connectivity index (χ3v) is 4.96. The summed E-state index contributed by atoms with van der Waals surface area (Å²) >= 11 is 0. The van der Waals surface area contributed by atoms with E-state index in [0.29, 0.717) is 32.6 Å². The molecule has 132 valence electrons. The van der Waals surface area contributed by atoms with Crippen LogP contribution >= 0.6 is 0 Å². The lowest BCUT2D eigenvalue weighted by molar-refractivity contribution is -0.247. The number of rotatable bonds is 6. The van der Waals surface area contributed by atoms with Gasteiger partial charge in [0.2, 0.25) is 0 Å². The Balaban J connectivity index is 1.80. The lowest BCUT2D eigenvalue weighted by Crippen LogP contribution is -2.58. The van der Waals surface area contributed by atoms with E-state index in [1.54, 1.807) is 6.26 Å². The van der Waals surface area contributed by atoms with Crippen molar-refractivity contribution < 1.29 is 15.3 Å². The Hall–Kier alpha value is -0.920. The monoisotopic (exact) mass is 325 g/mol. The Morgan fingerprint density at radius 2 is 1.91 bits per heavy atom. The van der Waals surface area contributed by atoms with Crippen LogP contribution < -0.4 is 0 Å². The molecule has 23 heavy (non-hydrogen) atoms. The fourth-order valence-corrected chi connectivity index (χ4v) is 3.50. The molecule has 6 nitrogen and oxygen atoms in total. The van der Waals surface area contributed by atoms with Gasteiger partial charge in [-0.2, -0.15) is 10.1 Å². The summed E-state index contributed by atoms with van der Waals surface area (Å²) in [6.45, 7) is 11.3. The van der Waals surface area contributed by atoms with Gasteiger partial charge in [0.1, 0.15) is 6.26 Å². The highest BCUT2D eigenvalue weighted by molar-refractivity contribution is 4.94. The second kappa shape index (κ2) is 7.77. The maximum atomic E-state index is 10.0. The van der Waals surface area contributed by atoms with Crippen LogP contribution in [0.2, 0.25) is 0 Å². The molecule has 0 aromatic carbocycles. The summed E-state index contributed by atoms with van der Waals surface area (Å²) in [5.41, 5.74) is -0.255. The molecular weight excluding hydrogens is 294 g/mol. The lowest BCUT2D eigenvalue weighted by Gasteiger charge is -2.44. The van der Waals surface area contributed by atoms with E-state index >= 15 is 0 Å². The normalized spacial score (nSPS) is 34.8. The van der Waals surface area contributed by atoms with Gasteiger partial charge in [0, 0.05) is 26.2 Å². The number of piperidine rings is 1. The quantitative estimate of drug-likeness (QED) is 0.578. The minimum atomic E-state index is -0.361. The second-order valence-corrected chi connectivity index (χ2v) is 7.46. The molecule has 0 spiro atoms. The third-order valence-electron chi connectivity index (χ3n) is 4.96. The van der Waals surface area contributed by atoms with E-state index in [-0.39, 0.29) is 11.0 Å². The van der Waals surface area contributed by atoms with Crippen LogP contribution in [0, 0.1) is 5.41 Å². The molecule has 2 aliphatic heterocycles. The maximum absolute atomic E-state index is 10.0. The average molecular weight is 325 g/mol. The number of allylic oxidation sites excluding steroid dienone is 1. The minimum Gasteiger partial charge on any atom is -0.414 e. The summed E-state index contributed by atoms with van der Waals surface area (Å²) < 4.78 is 0. The van der Waals surface area contributed by atoms with E-state index in [2.05, 4.69) is 13.5 Å². The molecule has 0 bridgehead atoms. The van der Waals surface area contributed by atoms with E-state index in [4.69, 9.17) is 4.84 Å². The van der Waals surface area contributed by atoms with Gasteiger partial charge in [0.25, 0.3) is 0 Å². The zero-order valence-corrected chi connectivity index (χ0v) is 14.4. The van der Waals surface area contributed by atoms with Gasteiger partial charge in [-0.3, -0.25) is 0 Å². The highest BCUT2D eigenvalue weighted by atomic mass is 16.7. The average Bonchev–Trinajstić information content (AvgIpc) is 2.47. The summed E-state index contributed by atoms with van der Waals surface area (Å²) in [5, 5.41) is 24.4. The lowest BCUT2D eigenvalue weighted by atomic mass is 9.80. The first-order chi connectivity index (χ1) is 10.9. The molecule has 2 fully saturated rings. The molecule has 2 N–H and O–H groups in total. The van der Waals surface area contributed by atoms with Crippen molar-refractivity contribution in [1.29, 1.82) is 0 Å². The highest BCUT2D eigenvalue weighted by Crippen LogP contribution is 2.32. The van der Waals surface area contributed by atoms with Crippen molar-refractivity contribution >= 4 is 0 Å². The van der Waals surface area contributed by atoms with Crippen LogP contribution in [0.4, 0.5) is 0 Å². The van der Waals surface area contributed by atoms with Gasteiger partial charge in [0.05, 0.1) is 12.1 Å². The fraction of sp³-hybridized carbons (Fsp3) is 0.765. The number of piperazine rings is 1. The molecule has 2 atom stereocenters. The highest BCUT2D eigenvalue weighted by Gasteiger charge is 2.37. The molecule has 2 rings (SSSR count). The molecule has 2 saturated heterocycles. The zero-order valence-electron chi connectivity index (χ0n) is 14.4. The van der Waals surface area contributed by atoms with Crippen LogP contribution in [-0.4, -0.2) is 63.9 Å². The molecule has 6 heteroatoms. The van der Waals surface area contributed by atoms with Gasteiger partial charge < -0.3 is 15.3 Å². The summed E-state index contributed by atoms with van der Waals surface area (Å²) in [6, 6.07) is 0. The molecule has 0 amide bonds. The van der Waals surface area contributed by atoms with Crippen molar-refractivity contribution in [3.63, 3.8) is 0 Å². The first-order valence-electron chi connectivity index (χ1n) is 8.45. The molecule has 0 radical (unpaired) electrons. The van der Waals surface area contributed by atoms with Gasteiger partial charge in [0.15, 0.2) is 0 Å². The Labute approximate surface area is 139 Å². The Morgan fingerprint density at radius 3 is 2.61 bits per heavy atom. The van der Waals surface area contributed by atoms with Crippen LogP contribution in [-0.2, 0) is 4.84 Å². The molecule has 2 heterocycles. The van der Waals surface area contributed by atoms with E-state index in [1.807, 2.05) is 24.1 Å². The summed E-state index contributed by atoms with van der Waals surface area (Å²) in [4.78, 5) is 5.74. The Morgan fingerprint density at radius 1 is 1.13 bits per heavy atom. The molecule has 0 aromatic heterocycles. The smallest absolute Gasteiger partial charge is 0.107 e. The van der Waals surface area contributed by atoms with Gasteiger partial charge >= 0.3 is 0 Å². The topological polar surface area (TPSA) is 59.4 Å². The summed E-state index contributed by atoms with van der Waals surface area (Å²) in [5.74, 6) is 0. The fourth-order valence-electron chi connectivity index (χ4n) is 3.50. The third kappa shape index (κ3) is 5.02. The predicted octanol–water partition coefficient (Wildman–Crippen LogP) is 2.65. The standard InChI is InChI=1S/C17H31N3O3/c1-4-7-17(3)15-19(11-12-20(17)22)23-13-6-9-16(2)8-5-10-18(21)14-16/h4,6,13,21-22H,1,5,7-12,14-15H2,2-3H3/b13-6+/t16-,17-/m0/s1. The molecule has 0 unspecified atom stereocenters. The maximum Gasteiger partial charge on any atom is 0.107 e. The SMILES string of the molecule is C=CC[C@@]1(C)CN(O/C=C/C[C@]2(C)CCCN(O)C2)CCN1O.